The van der Waals surface area contributed by atoms with E-state index in [0.29, 0.717) is 24.4 Å². The lowest BCUT2D eigenvalue weighted by atomic mass is 10.0. The molecule has 1 aromatic carbocycles. The molecular formula is C15H20ClN5. The van der Waals surface area contributed by atoms with Crippen molar-refractivity contribution in [2.45, 2.75) is 26.3 Å². The maximum atomic E-state index is 5.90. The number of aromatic nitrogens is 3. The molecule has 2 rings (SSSR count). The standard InChI is InChI=1S/C15H20ClN5/c1-10(2)12-7-5-11(6-8-12)9-17-14-18-13(16)19-15(20-14)21(3)4/h5-8,10H,9H2,1-4H3,(H,17,18,19,20). The Labute approximate surface area is 130 Å². The molecule has 6 heteroatoms. The van der Waals surface area contributed by atoms with Crippen molar-refractivity contribution < 1.29 is 0 Å². The number of benzene rings is 1. The van der Waals surface area contributed by atoms with E-state index >= 15 is 0 Å². The Morgan fingerprint density at radius 3 is 2.33 bits per heavy atom. The fraction of sp³-hybridized carbons (Fsp3) is 0.400. The van der Waals surface area contributed by atoms with Gasteiger partial charge in [-0.15, -0.1) is 0 Å². The van der Waals surface area contributed by atoms with Gasteiger partial charge in [0.05, 0.1) is 0 Å². The molecule has 1 aromatic heterocycles. The minimum absolute atomic E-state index is 0.186. The van der Waals surface area contributed by atoms with Crippen LogP contribution in [0.5, 0.6) is 0 Å². The van der Waals surface area contributed by atoms with Crippen molar-refractivity contribution in [3.8, 4) is 0 Å². The van der Waals surface area contributed by atoms with Crippen molar-refractivity contribution in [2.24, 2.45) is 0 Å². The molecule has 0 saturated heterocycles. The summed E-state index contributed by atoms with van der Waals surface area (Å²) in [5, 5.41) is 3.36. The van der Waals surface area contributed by atoms with Crippen LogP contribution in [0.25, 0.3) is 0 Å². The highest BCUT2D eigenvalue weighted by atomic mass is 35.5. The summed E-state index contributed by atoms with van der Waals surface area (Å²) >= 11 is 5.90. The summed E-state index contributed by atoms with van der Waals surface area (Å²) in [7, 11) is 3.72. The van der Waals surface area contributed by atoms with Crippen LogP contribution < -0.4 is 10.2 Å². The average Bonchev–Trinajstić information content (AvgIpc) is 2.45. The van der Waals surface area contributed by atoms with E-state index in [1.807, 2.05) is 14.1 Å². The highest BCUT2D eigenvalue weighted by molar-refractivity contribution is 6.28. The summed E-state index contributed by atoms with van der Waals surface area (Å²) in [5.41, 5.74) is 2.50. The number of rotatable bonds is 5. The molecule has 5 nitrogen and oxygen atoms in total. The summed E-state index contributed by atoms with van der Waals surface area (Å²) in [6.45, 7) is 5.01. The molecule has 0 aliphatic carbocycles. The van der Waals surface area contributed by atoms with Crippen LogP contribution in [0.4, 0.5) is 11.9 Å². The minimum Gasteiger partial charge on any atom is -0.350 e. The van der Waals surface area contributed by atoms with Crippen molar-refractivity contribution in [1.82, 2.24) is 15.0 Å². The van der Waals surface area contributed by atoms with E-state index in [2.05, 4.69) is 58.4 Å². The van der Waals surface area contributed by atoms with Gasteiger partial charge in [0.15, 0.2) is 0 Å². The summed E-state index contributed by atoms with van der Waals surface area (Å²) in [6.07, 6.45) is 0. The molecule has 0 atom stereocenters. The van der Waals surface area contributed by atoms with Crippen LogP contribution in [-0.4, -0.2) is 29.0 Å². The first-order chi connectivity index (χ1) is 9.95. The third-order valence-electron chi connectivity index (χ3n) is 3.09. The van der Waals surface area contributed by atoms with Crippen LogP contribution in [0.2, 0.25) is 5.28 Å². The molecule has 1 N–H and O–H groups in total. The van der Waals surface area contributed by atoms with Crippen LogP contribution in [0.3, 0.4) is 0 Å². The van der Waals surface area contributed by atoms with E-state index in [4.69, 9.17) is 11.6 Å². The normalized spacial score (nSPS) is 10.8. The van der Waals surface area contributed by atoms with Gasteiger partial charge in [-0.25, -0.2) is 0 Å². The lowest BCUT2D eigenvalue weighted by Gasteiger charge is -2.12. The van der Waals surface area contributed by atoms with Gasteiger partial charge in [0.1, 0.15) is 0 Å². The van der Waals surface area contributed by atoms with Gasteiger partial charge < -0.3 is 10.2 Å². The van der Waals surface area contributed by atoms with Crippen molar-refractivity contribution in [3.05, 3.63) is 40.7 Å². The molecule has 1 heterocycles. The molecule has 0 spiro atoms. The first kappa shape index (κ1) is 15.5. The SMILES string of the molecule is CC(C)c1ccc(CNc2nc(Cl)nc(N(C)C)n2)cc1. The zero-order valence-electron chi connectivity index (χ0n) is 12.8. The molecule has 0 unspecified atom stereocenters. The Hall–Kier alpha value is -1.88. The van der Waals surface area contributed by atoms with Crippen molar-refractivity contribution in [1.29, 1.82) is 0 Å². The highest BCUT2D eigenvalue weighted by Gasteiger charge is 2.06. The number of halogens is 1. The zero-order chi connectivity index (χ0) is 15.4. The largest absolute Gasteiger partial charge is 0.350 e. The molecule has 0 aliphatic rings. The zero-order valence-corrected chi connectivity index (χ0v) is 13.5. The molecule has 0 aliphatic heterocycles. The van der Waals surface area contributed by atoms with E-state index in [0.717, 1.165) is 0 Å². The fourth-order valence-electron chi connectivity index (χ4n) is 1.82. The lowest BCUT2D eigenvalue weighted by molar-refractivity contribution is 0.864. The number of hydrogen-bond acceptors (Lipinski definition) is 5. The third kappa shape index (κ3) is 4.29. The first-order valence-electron chi connectivity index (χ1n) is 6.87. The molecular weight excluding hydrogens is 286 g/mol. The Bertz CT molecular complexity index is 596. The van der Waals surface area contributed by atoms with Gasteiger partial charge in [0.25, 0.3) is 0 Å². The molecule has 0 fully saturated rings. The molecule has 112 valence electrons. The monoisotopic (exact) mass is 305 g/mol. The number of hydrogen-bond donors (Lipinski definition) is 1. The summed E-state index contributed by atoms with van der Waals surface area (Å²) < 4.78 is 0. The molecule has 0 saturated carbocycles. The van der Waals surface area contributed by atoms with Gasteiger partial charge in [0.2, 0.25) is 17.2 Å². The predicted molar refractivity (Wildman–Crippen MR) is 87.0 cm³/mol. The van der Waals surface area contributed by atoms with E-state index in [1.165, 1.54) is 11.1 Å². The fourth-order valence-corrected chi connectivity index (χ4v) is 1.98. The van der Waals surface area contributed by atoms with E-state index in [1.54, 1.807) is 4.90 Å². The predicted octanol–water partition coefficient (Wildman–Crippen LogP) is 3.33. The number of anilines is 2. The maximum absolute atomic E-state index is 5.90. The summed E-state index contributed by atoms with van der Waals surface area (Å²) in [4.78, 5) is 14.2. The smallest absolute Gasteiger partial charge is 0.230 e. The second-order valence-corrected chi connectivity index (χ2v) is 5.71. The summed E-state index contributed by atoms with van der Waals surface area (Å²) in [5.74, 6) is 1.55. The third-order valence-corrected chi connectivity index (χ3v) is 3.26. The van der Waals surface area contributed by atoms with E-state index in [-0.39, 0.29) is 5.28 Å². The van der Waals surface area contributed by atoms with Gasteiger partial charge in [0, 0.05) is 20.6 Å². The molecule has 0 amide bonds. The summed E-state index contributed by atoms with van der Waals surface area (Å²) in [6, 6.07) is 8.51. The van der Waals surface area contributed by atoms with Crippen LogP contribution in [0.1, 0.15) is 30.9 Å². The molecule has 0 radical (unpaired) electrons. The topological polar surface area (TPSA) is 53.9 Å². The molecule has 21 heavy (non-hydrogen) atoms. The van der Waals surface area contributed by atoms with Gasteiger partial charge >= 0.3 is 0 Å². The Kier molecular flexibility index (Phi) is 4.96. The van der Waals surface area contributed by atoms with Gasteiger partial charge in [-0.1, -0.05) is 38.1 Å². The minimum atomic E-state index is 0.186. The van der Waals surface area contributed by atoms with Gasteiger partial charge in [-0.2, -0.15) is 15.0 Å². The first-order valence-corrected chi connectivity index (χ1v) is 7.25. The van der Waals surface area contributed by atoms with Gasteiger partial charge in [-0.05, 0) is 28.6 Å². The van der Waals surface area contributed by atoms with Crippen molar-refractivity contribution in [2.75, 3.05) is 24.3 Å². The Balaban J connectivity index is 2.05. The Morgan fingerprint density at radius 2 is 1.76 bits per heavy atom. The van der Waals surface area contributed by atoms with E-state index in [9.17, 15) is 0 Å². The van der Waals surface area contributed by atoms with Crippen LogP contribution in [0.15, 0.2) is 24.3 Å². The highest BCUT2D eigenvalue weighted by Crippen LogP contribution is 2.16. The Morgan fingerprint density at radius 1 is 1.10 bits per heavy atom. The quantitative estimate of drug-likeness (QED) is 0.918. The number of nitrogens with one attached hydrogen (secondary N) is 1. The second-order valence-electron chi connectivity index (χ2n) is 5.37. The molecule has 0 bridgehead atoms. The van der Waals surface area contributed by atoms with Crippen LogP contribution in [-0.2, 0) is 6.54 Å². The van der Waals surface area contributed by atoms with Crippen LogP contribution in [0, 0.1) is 0 Å². The second kappa shape index (κ2) is 6.72. The van der Waals surface area contributed by atoms with Crippen molar-refractivity contribution in [3.63, 3.8) is 0 Å². The average molecular weight is 306 g/mol. The van der Waals surface area contributed by atoms with Crippen molar-refractivity contribution >= 4 is 23.5 Å². The number of nitrogens with zero attached hydrogens (tertiary/aromatic N) is 4. The maximum Gasteiger partial charge on any atom is 0.230 e. The lowest BCUT2D eigenvalue weighted by Crippen LogP contribution is -2.15. The van der Waals surface area contributed by atoms with E-state index < -0.39 is 0 Å². The van der Waals surface area contributed by atoms with Gasteiger partial charge in [-0.3, -0.25) is 0 Å². The van der Waals surface area contributed by atoms with Crippen LogP contribution >= 0.6 is 11.6 Å². The molecule has 2 aromatic rings.